The summed E-state index contributed by atoms with van der Waals surface area (Å²) in [4.78, 5) is 0.983. The van der Waals surface area contributed by atoms with Gasteiger partial charge in [0.25, 0.3) is 0 Å². The lowest BCUT2D eigenvalue weighted by Crippen LogP contribution is -2.26. The van der Waals surface area contributed by atoms with E-state index in [1.807, 2.05) is 6.92 Å². The molecule has 1 aromatic heterocycles. The van der Waals surface area contributed by atoms with Crippen molar-refractivity contribution < 1.29 is 13.2 Å². The van der Waals surface area contributed by atoms with Gasteiger partial charge in [0.15, 0.2) is 0 Å². The molecule has 80 valence electrons. The van der Waals surface area contributed by atoms with E-state index >= 15 is 0 Å². The number of nitrogens with one attached hydrogen (secondary N) is 1. The first kappa shape index (κ1) is 11.6. The Kier molecular flexibility index (Phi) is 4.06. The van der Waals surface area contributed by atoms with Crippen LogP contribution in [0.5, 0.6) is 0 Å². The molecule has 0 bridgehead atoms. The summed E-state index contributed by atoms with van der Waals surface area (Å²) in [5, 5.41) is 0. The molecule has 1 N–H and O–H groups in total. The molecule has 0 aliphatic rings. The fourth-order valence-corrected chi connectivity index (χ4v) is 3.25. The van der Waals surface area contributed by atoms with Gasteiger partial charge in [-0.3, -0.25) is 0 Å². The summed E-state index contributed by atoms with van der Waals surface area (Å²) in [5.74, 6) is 0. The second kappa shape index (κ2) is 4.88. The van der Waals surface area contributed by atoms with Gasteiger partial charge in [-0.15, -0.1) is 11.3 Å². The summed E-state index contributed by atoms with van der Waals surface area (Å²) in [6, 6.07) is 3.39. The van der Waals surface area contributed by atoms with Gasteiger partial charge < -0.3 is 4.74 Å². The number of methoxy groups -OCH3 is 1. The maximum absolute atomic E-state index is 11.6. The first-order valence-electron chi connectivity index (χ1n) is 4.11. The Morgan fingerprint density at radius 2 is 2.21 bits per heavy atom. The van der Waals surface area contributed by atoms with Crippen LogP contribution in [0.2, 0.25) is 0 Å². The van der Waals surface area contributed by atoms with Gasteiger partial charge in [0.2, 0.25) is 10.0 Å². The van der Waals surface area contributed by atoms with E-state index in [2.05, 4.69) is 4.72 Å². The first-order chi connectivity index (χ1) is 6.56. The fraction of sp³-hybridized carbons (Fsp3) is 0.500. The lowest BCUT2D eigenvalue weighted by molar-refractivity contribution is 0.204. The number of ether oxygens (including phenoxy) is 1. The van der Waals surface area contributed by atoms with Gasteiger partial charge in [0, 0.05) is 18.5 Å². The van der Waals surface area contributed by atoms with Crippen LogP contribution in [0.3, 0.4) is 0 Å². The van der Waals surface area contributed by atoms with Crippen LogP contribution >= 0.6 is 11.3 Å². The van der Waals surface area contributed by atoms with Crippen LogP contribution in [0, 0.1) is 6.92 Å². The van der Waals surface area contributed by atoms with Crippen LogP contribution < -0.4 is 4.72 Å². The molecule has 1 aromatic rings. The van der Waals surface area contributed by atoms with Gasteiger partial charge in [-0.2, -0.15) is 0 Å². The van der Waals surface area contributed by atoms with E-state index in [0.717, 1.165) is 4.88 Å². The Hall–Kier alpha value is -0.430. The SMILES string of the molecule is COCCNS(=O)(=O)c1ccc(C)s1. The Morgan fingerprint density at radius 1 is 1.50 bits per heavy atom. The molecule has 1 rings (SSSR count). The Balaban J connectivity index is 2.66. The van der Waals surface area contributed by atoms with Crippen molar-refractivity contribution in [2.45, 2.75) is 11.1 Å². The minimum Gasteiger partial charge on any atom is -0.383 e. The Bertz CT molecular complexity index is 383. The molecule has 14 heavy (non-hydrogen) atoms. The summed E-state index contributed by atoms with van der Waals surface area (Å²) < 4.78 is 30.7. The van der Waals surface area contributed by atoms with Crippen LogP contribution in [0.25, 0.3) is 0 Å². The molecule has 1 heterocycles. The molecule has 0 aromatic carbocycles. The van der Waals surface area contributed by atoms with Crippen LogP contribution in [0.4, 0.5) is 0 Å². The normalized spacial score (nSPS) is 11.9. The molecule has 0 saturated carbocycles. The van der Waals surface area contributed by atoms with Crippen molar-refractivity contribution in [2.75, 3.05) is 20.3 Å². The summed E-state index contributed by atoms with van der Waals surface area (Å²) in [5.41, 5.74) is 0. The molecule has 4 nitrogen and oxygen atoms in total. The number of thiophene rings is 1. The average Bonchev–Trinajstić information content (AvgIpc) is 2.53. The highest BCUT2D eigenvalue weighted by molar-refractivity contribution is 7.91. The third kappa shape index (κ3) is 3.06. The summed E-state index contributed by atoms with van der Waals surface area (Å²) in [7, 11) is -1.79. The molecule has 0 fully saturated rings. The topological polar surface area (TPSA) is 55.4 Å². The highest BCUT2D eigenvalue weighted by Crippen LogP contribution is 2.19. The minimum absolute atomic E-state index is 0.301. The zero-order chi connectivity index (χ0) is 10.6. The molecule has 0 spiro atoms. The van der Waals surface area contributed by atoms with Gasteiger partial charge in [0.1, 0.15) is 4.21 Å². The summed E-state index contributed by atoms with van der Waals surface area (Å²) >= 11 is 1.26. The molecule has 0 unspecified atom stereocenters. The fourth-order valence-electron chi connectivity index (χ4n) is 0.906. The predicted octanol–water partition coefficient (Wildman–Crippen LogP) is 0.981. The molecular weight excluding hydrogens is 222 g/mol. The van der Waals surface area contributed by atoms with Crippen molar-refractivity contribution in [3.05, 3.63) is 17.0 Å². The quantitative estimate of drug-likeness (QED) is 0.774. The maximum atomic E-state index is 11.6. The van der Waals surface area contributed by atoms with Crippen LogP contribution in [0.15, 0.2) is 16.3 Å². The Morgan fingerprint density at radius 3 is 2.71 bits per heavy atom. The average molecular weight is 235 g/mol. The predicted molar refractivity (Wildman–Crippen MR) is 56.1 cm³/mol. The number of sulfonamides is 1. The van der Waals surface area contributed by atoms with Gasteiger partial charge in [0.05, 0.1) is 6.61 Å². The van der Waals surface area contributed by atoms with E-state index in [9.17, 15) is 8.42 Å². The Labute approximate surface area is 88.0 Å². The molecule has 0 aliphatic carbocycles. The molecule has 0 atom stereocenters. The van der Waals surface area contributed by atoms with Crippen LogP contribution in [0.1, 0.15) is 4.88 Å². The first-order valence-corrected chi connectivity index (χ1v) is 6.41. The van der Waals surface area contributed by atoms with E-state index in [-0.39, 0.29) is 0 Å². The molecule has 0 radical (unpaired) electrons. The number of hydrogen-bond acceptors (Lipinski definition) is 4. The number of hydrogen-bond donors (Lipinski definition) is 1. The van der Waals surface area contributed by atoms with E-state index in [0.29, 0.717) is 17.4 Å². The van der Waals surface area contributed by atoms with Gasteiger partial charge >= 0.3 is 0 Å². The zero-order valence-corrected chi connectivity index (χ0v) is 9.74. The van der Waals surface area contributed by atoms with Gasteiger partial charge in [-0.05, 0) is 19.1 Å². The van der Waals surface area contributed by atoms with E-state index in [4.69, 9.17) is 4.74 Å². The smallest absolute Gasteiger partial charge is 0.250 e. The molecule has 0 aliphatic heterocycles. The lowest BCUT2D eigenvalue weighted by Gasteiger charge is -2.02. The van der Waals surface area contributed by atoms with Crippen molar-refractivity contribution in [3.8, 4) is 0 Å². The number of rotatable bonds is 5. The third-order valence-electron chi connectivity index (χ3n) is 1.58. The van der Waals surface area contributed by atoms with Gasteiger partial charge in [-0.1, -0.05) is 0 Å². The van der Waals surface area contributed by atoms with Crippen molar-refractivity contribution in [1.82, 2.24) is 4.72 Å². The van der Waals surface area contributed by atoms with Crippen molar-refractivity contribution in [3.63, 3.8) is 0 Å². The van der Waals surface area contributed by atoms with Crippen molar-refractivity contribution >= 4 is 21.4 Å². The molecule has 0 amide bonds. The van der Waals surface area contributed by atoms with E-state index in [1.165, 1.54) is 18.4 Å². The molecule has 0 saturated heterocycles. The summed E-state index contributed by atoms with van der Waals surface area (Å²) in [6.07, 6.45) is 0. The van der Waals surface area contributed by atoms with Crippen molar-refractivity contribution in [2.24, 2.45) is 0 Å². The van der Waals surface area contributed by atoms with Gasteiger partial charge in [-0.25, -0.2) is 13.1 Å². The monoisotopic (exact) mass is 235 g/mol. The standard InChI is InChI=1S/C8H13NO3S2/c1-7-3-4-8(13-7)14(10,11)9-5-6-12-2/h3-4,9H,5-6H2,1-2H3. The number of aryl methyl sites for hydroxylation is 1. The van der Waals surface area contributed by atoms with Crippen LogP contribution in [-0.2, 0) is 14.8 Å². The minimum atomic E-state index is -3.32. The van der Waals surface area contributed by atoms with E-state index in [1.54, 1.807) is 12.1 Å². The van der Waals surface area contributed by atoms with E-state index < -0.39 is 10.0 Å². The highest BCUT2D eigenvalue weighted by atomic mass is 32.2. The third-order valence-corrected chi connectivity index (χ3v) is 4.53. The maximum Gasteiger partial charge on any atom is 0.250 e. The largest absolute Gasteiger partial charge is 0.383 e. The molecular formula is C8H13NO3S2. The zero-order valence-electron chi connectivity index (χ0n) is 8.11. The summed E-state index contributed by atoms with van der Waals surface area (Å²) in [6.45, 7) is 2.55. The second-order valence-corrected chi connectivity index (χ2v) is 6.04. The molecule has 6 heteroatoms. The van der Waals surface area contributed by atoms with Crippen molar-refractivity contribution in [1.29, 1.82) is 0 Å². The lowest BCUT2D eigenvalue weighted by atomic mass is 10.5. The second-order valence-electron chi connectivity index (χ2n) is 2.76. The van der Waals surface area contributed by atoms with Crippen LogP contribution in [-0.4, -0.2) is 28.7 Å². The highest BCUT2D eigenvalue weighted by Gasteiger charge is 2.14.